The Balaban J connectivity index is 1.92. The summed E-state index contributed by atoms with van der Waals surface area (Å²) in [6.07, 6.45) is 3.89. The number of carbonyl (C=O) groups is 1. The van der Waals surface area contributed by atoms with Gasteiger partial charge in [0.2, 0.25) is 5.91 Å². The number of amides is 1. The number of benzene rings is 1. The summed E-state index contributed by atoms with van der Waals surface area (Å²) in [6, 6.07) is 5.46. The van der Waals surface area contributed by atoms with Gasteiger partial charge in [-0.05, 0) is 40.5 Å². The van der Waals surface area contributed by atoms with Crippen LogP contribution in [0.3, 0.4) is 0 Å². The second kappa shape index (κ2) is 5.88. The SMILES string of the molecule is Cc1ccc(N)cc1NC(=O)CCn1cc(Br)cn1. The lowest BCUT2D eigenvalue weighted by Crippen LogP contribution is -2.15. The lowest BCUT2D eigenvalue weighted by Gasteiger charge is -2.09. The zero-order chi connectivity index (χ0) is 13.8. The average Bonchev–Trinajstić information content (AvgIpc) is 2.77. The van der Waals surface area contributed by atoms with Gasteiger partial charge in [0.15, 0.2) is 0 Å². The molecule has 2 rings (SSSR count). The molecule has 0 saturated heterocycles. The summed E-state index contributed by atoms with van der Waals surface area (Å²) in [7, 11) is 0. The Morgan fingerprint density at radius 2 is 2.32 bits per heavy atom. The van der Waals surface area contributed by atoms with Crippen molar-refractivity contribution in [2.75, 3.05) is 11.1 Å². The van der Waals surface area contributed by atoms with Gasteiger partial charge in [-0.3, -0.25) is 9.48 Å². The minimum absolute atomic E-state index is 0.0553. The first-order valence-electron chi connectivity index (χ1n) is 5.88. The summed E-state index contributed by atoms with van der Waals surface area (Å²) in [6.45, 7) is 2.47. The number of carbonyl (C=O) groups excluding carboxylic acids is 1. The van der Waals surface area contributed by atoms with E-state index in [1.807, 2.05) is 25.3 Å². The van der Waals surface area contributed by atoms with E-state index in [2.05, 4.69) is 26.3 Å². The van der Waals surface area contributed by atoms with Crippen LogP contribution in [0.25, 0.3) is 0 Å². The van der Waals surface area contributed by atoms with Gasteiger partial charge in [-0.15, -0.1) is 0 Å². The number of hydrogen-bond donors (Lipinski definition) is 2. The van der Waals surface area contributed by atoms with Gasteiger partial charge in [0.1, 0.15) is 0 Å². The molecule has 0 aliphatic heterocycles. The summed E-state index contributed by atoms with van der Waals surface area (Å²) in [5.74, 6) is -0.0553. The molecule has 0 unspecified atom stereocenters. The molecule has 0 radical (unpaired) electrons. The van der Waals surface area contributed by atoms with E-state index >= 15 is 0 Å². The van der Waals surface area contributed by atoms with Crippen molar-refractivity contribution in [3.8, 4) is 0 Å². The minimum atomic E-state index is -0.0553. The highest BCUT2D eigenvalue weighted by molar-refractivity contribution is 9.10. The average molecular weight is 323 g/mol. The largest absolute Gasteiger partial charge is 0.399 e. The molecule has 0 spiro atoms. The van der Waals surface area contributed by atoms with Gasteiger partial charge in [0.25, 0.3) is 0 Å². The smallest absolute Gasteiger partial charge is 0.226 e. The maximum absolute atomic E-state index is 11.9. The fraction of sp³-hybridized carbons (Fsp3) is 0.231. The molecule has 3 N–H and O–H groups in total. The summed E-state index contributed by atoms with van der Waals surface area (Å²) >= 11 is 3.31. The van der Waals surface area contributed by atoms with E-state index in [0.29, 0.717) is 18.7 Å². The van der Waals surface area contributed by atoms with Crippen LogP contribution in [0.5, 0.6) is 0 Å². The predicted molar refractivity (Wildman–Crippen MR) is 78.8 cm³/mol. The van der Waals surface area contributed by atoms with Crippen LogP contribution >= 0.6 is 15.9 Å². The van der Waals surface area contributed by atoms with Gasteiger partial charge in [0.05, 0.1) is 10.7 Å². The van der Waals surface area contributed by atoms with E-state index in [0.717, 1.165) is 15.7 Å². The topological polar surface area (TPSA) is 72.9 Å². The van der Waals surface area contributed by atoms with Crippen molar-refractivity contribution in [2.24, 2.45) is 0 Å². The molecule has 1 aromatic heterocycles. The molecule has 2 aromatic rings. The van der Waals surface area contributed by atoms with Crippen LogP contribution < -0.4 is 11.1 Å². The van der Waals surface area contributed by atoms with E-state index in [9.17, 15) is 4.79 Å². The van der Waals surface area contributed by atoms with Crippen LogP contribution in [-0.4, -0.2) is 15.7 Å². The molecule has 0 atom stereocenters. The van der Waals surface area contributed by atoms with Crippen LogP contribution in [0, 0.1) is 6.92 Å². The Labute approximate surface area is 119 Å². The van der Waals surface area contributed by atoms with Crippen LogP contribution in [0.15, 0.2) is 35.1 Å². The highest BCUT2D eigenvalue weighted by Gasteiger charge is 2.06. The number of hydrogen-bond acceptors (Lipinski definition) is 3. The van der Waals surface area contributed by atoms with Gasteiger partial charge in [-0.2, -0.15) is 5.10 Å². The molecule has 0 fully saturated rings. The number of nitrogens with two attached hydrogens (primary N) is 1. The van der Waals surface area contributed by atoms with Crippen LogP contribution in [0.1, 0.15) is 12.0 Å². The Morgan fingerprint density at radius 1 is 1.53 bits per heavy atom. The third kappa shape index (κ3) is 3.82. The van der Waals surface area contributed by atoms with E-state index in [4.69, 9.17) is 5.73 Å². The molecule has 0 bridgehead atoms. The first-order valence-corrected chi connectivity index (χ1v) is 6.68. The molecular formula is C13H15BrN4O. The monoisotopic (exact) mass is 322 g/mol. The molecule has 1 aromatic carbocycles. The molecule has 5 nitrogen and oxygen atoms in total. The summed E-state index contributed by atoms with van der Waals surface area (Å²) in [5, 5.41) is 6.95. The van der Waals surface area contributed by atoms with E-state index < -0.39 is 0 Å². The third-order valence-corrected chi connectivity index (χ3v) is 3.11. The van der Waals surface area contributed by atoms with Crippen molar-refractivity contribution in [1.82, 2.24) is 9.78 Å². The Hall–Kier alpha value is -1.82. The fourth-order valence-corrected chi connectivity index (χ4v) is 1.99. The zero-order valence-electron chi connectivity index (χ0n) is 10.6. The number of rotatable bonds is 4. The third-order valence-electron chi connectivity index (χ3n) is 2.71. The van der Waals surface area contributed by atoms with Crippen molar-refractivity contribution in [3.63, 3.8) is 0 Å². The molecule has 0 saturated carbocycles. The van der Waals surface area contributed by atoms with E-state index in [1.54, 1.807) is 16.9 Å². The number of halogens is 1. The van der Waals surface area contributed by atoms with E-state index in [1.165, 1.54) is 0 Å². The maximum atomic E-state index is 11.9. The predicted octanol–water partition coefficient (Wildman–Crippen LogP) is 2.57. The first-order chi connectivity index (χ1) is 9.04. The van der Waals surface area contributed by atoms with Gasteiger partial charge in [0, 0.05) is 30.5 Å². The van der Waals surface area contributed by atoms with Gasteiger partial charge < -0.3 is 11.1 Å². The standard InChI is InChI=1S/C13H15BrN4O/c1-9-2-3-11(15)6-12(9)17-13(19)4-5-18-8-10(14)7-16-18/h2-3,6-8H,4-5,15H2,1H3,(H,17,19). The summed E-state index contributed by atoms with van der Waals surface area (Å²) in [5.41, 5.74) is 8.08. The van der Waals surface area contributed by atoms with Crippen molar-refractivity contribution in [1.29, 1.82) is 0 Å². The highest BCUT2D eigenvalue weighted by Crippen LogP contribution is 2.18. The van der Waals surface area contributed by atoms with Crippen molar-refractivity contribution >= 4 is 33.2 Å². The quantitative estimate of drug-likeness (QED) is 0.850. The number of nitrogen functional groups attached to an aromatic ring is 1. The molecule has 0 aliphatic rings. The Bertz CT molecular complexity index is 594. The zero-order valence-corrected chi connectivity index (χ0v) is 12.1. The maximum Gasteiger partial charge on any atom is 0.226 e. The lowest BCUT2D eigenvalue weighted by atomic mass is 10.2. The first kappa shape index (κ1) is 13.6. The lowest BCUT2D eigenvalue weighted by molar-refractivity contribution is -0.116. The van der Waals surface area contributed by atoms with Gasteiger partial charge in [-0.1, -0.05) is 6.07 Å². The Kier molecular flexibility index (Phi) is 4.21. The number of aromatic nitrogens is 2. The Morgan fingerprint density at radius 3 is 3.00 bits per heavy atom. The van der Waals surface area contributed by atoms with E-state index in [-0.39, 0.29) is 5.91 Å². The summed E-state index contributed by atoms with van der Waals surface area (Å²) in [4.78, 5) is 11.9. The van der Waals surface area contributed by atoms with Crippen LogP contribution in [0.2, 0.25) is 0 Å². The van der Waals surface area contributed by atoms with Crippen LogP contribution in [0.4, 0.5) is 11.4 Å². The molecule has 1 amide bonds. The molecule has 100 valence electrons. The normalized spacial score (nSPS) is 10.4. The molecule has 6 heteroatoms. The van der Waals surface area contributed by atoms with Crippen molar-refractivity contribution in [2.45, 2.75) is 19.9 Å². The van der Waals surface area contributed by atoms with Crippen molar-refractivity contribution < 1.29 is 4.79 Å². The second-order valence-corrected chi connectivity index (χ2v) is 5.21. The minimum Gasteiger partial charge on any atom is -0.399 e. The highest BCUT2D eigenvalue weighted by atomic mass is 79.9. The molecule has 1 heterocycles. The number of nitrogens with one attached hydrogen (secondary N) is 1. The molecule has 0 aliphatic carbocycles. The second-order valence-electron chi connectivity index (χ2n) is 4.29. The number of aryl methyl sites for hydroxylation is 2. The summed E-state index contributed by atoms with van der Waals surface area (Å²) < 4.78 is 2.62. The fourth-order valence-electron chi connectivity index (χ4n) is 1.66. The van der Waals surface area contributed by atoms with Crippen molar-refractivity contribution in [3.05, 3.63) is 40.6 Å². The number of anilines is 2. The molecular weight excluding hydrogens is 308 g/mol. The molecule has 19 heavy (non-hydrogen) atoms. The van der Waals surface area contributed by atoms with Crippen LogP contribution in [-0.2, 0) is 11.3 Å². The van der Waals surface area contributed by atoms with Gasteiger partial charge in [-0.25, -0.2) is 0 Å². The number of nitrogens with zero attached hydrogens (tertiary/aromatic N) is 2. The van der Waals surface area contributed by atoms with Gasteiger partial charge >= 0.3 is 0 Å².